The van der Waals surface area contributed by atoms with Crippen molar-refractivity contribution in [1.82, 2.24) is 29.9 Å². The number of anilines is 10. The second-order valence-corrected chi connectivity index (χ2v) is 26.6. The fourth-order valence-electron chi connectivity index (χ4n) is 8.05. The van der Waals surface area contributed by atoms with Gasteiger partial charge in [-0.15, -0.1) is 0 Å². The Hall–Kier alpha value is -8.88. The van der Waals surface area contributed by atoms with Crippen LogP contribution in [0.3, 0.4) is 0 Å². The van der Waals surface area contributed by atoms with Crippen molar-refractivity contribution in [3.8, 4) is 0 Å². The highest BCUT2D eigenvalue weighted by Gasteiger charge is 2.38. The molecule has 5 aromatic carbocycles. The largest absolute Gasteiger partial charge is 0.324 e. The molecule has 0 radical (unpaired) electrons. The first-order valence-electron chi connectivity index (χ1n) is 23.0. The molecule has 2 aliphatic carbocycles. The SMILES string of the molecule is CN(c1ccc(Nc2nc(Cl)nc(Nc3cc(S(=O)(=O)O)cc4c3C(=O)/C(=N/Nc3ccccc3S(=O)(=O)O)C(S(=O)(=O)O)=C4)n2)cc1)c1nc(Cl)nc(Nc2cc(S(=O)(=O)O)cc3c2C(=O)/C(=N/Nc2ccccc2S(=O)(=O)O)C(S(=O)(=O)O)=C3)n1. The minimum Gasteiger partial charge on any atom is -0.324 e. The van der Waals surface area contributed by atoms with Crippen molar-refractivity contribution in [3.05, 3.63) is 140 Å². The molecule has 0 amide bonds. The molecule has 0 saturated carbocycles. The van der Waals surface area contributed by atoms with E-state index in [1.54, 1.807) is 0 Å². The van der Waals surface area contributed by atoms with Gasteiger partial charge in [0.1, 0.15) is 19.6 Å². The number of hydrogen-bond donors (Lipinski definition) is 11. The minimum absolute atomic E-state index is 0.226. The van der Waals surface area contributed by atoms with Crippen molar-refractivity contribution in [2.24, 2.45) is 10.2 Å². The molecule has 452 valence electrons. The van der Waals surface area contributed by atoms with Gasteiger partial charge in [0, 0.05) is 18.4 Å². The van der Waals surface area contributed by atoms with Crippen molar-refractivity contribution in [2.45, 2.75) is 19.6 Å². The normalized spacial score (nSPS) is 14.8. The first kappa shape index (κ1) is 62.6. The molecule has 11 N–H and O–H groups in total. The molecule has 2 aliphatic rings. The summed E-state index contributed by atoms with van der Waals surface area (Å²) >= 11 is 12.6. The molecule has 0 fully saturated rings. The Morgan fingerprint density at radius 2 is 0.839 bits per heavy atom. The fraction of sp³-hybridized carbons (Fsp3) is 0.0222. The Labute approximate surface area is 499 Å². The molecule has 7 aromatic rings. The average molecular weight is 1350 g/mol. The number of hydrazone groups is 2. The quantitative estimate of drug-likeness (QED) is 0.0391. The molecular weight excluding hydrogens is 1320 g/mol. The predicted octanol–water partition coefficient (Wildman–Crippen LogP) is 5.14. The molecule has 0 saturated heterocycles. The molecule has 34 nitrogen and oxygen atoms in total. The van der Waals surface area contributed by atoms with E-state index in [0.717, 1.165) is 36.4 Å². The maximum atomic E-state index is 14.2. The average Bonchev–Trinajstić information content (AvgIpc) is 1.49. The van der Waals surface area contributed by atoms with Crippen molar-refractivity contribution in [3.63, 3.8) is 0 Å². The number of benzene rings is 5. The second kappa shape index (κ2) is 23.1. The lowest BCUT2D eigenvalue weighted by atomic mass is 9.93. The molecule has 2 aromatic heterocycles. The van der Waals surface area contributed by atoms with Gasteiger partial charge in [-0.05, 0) is 119 Å². The van der Waals surface area contributed by atoms with E-state index < -0.39 is 181 Å². The third kappa shape index (κ3) is 13.9. The van der Waals surface area contributed by atoms with Crippen molar-refractivity contribution < 1.29 is 87.4 Å². The molecule has 0 unspecified atom stereocenters. The number of carbonyl (C=O) groups is 2. The predicted molar refractivity (Wildman–Crippen MR) is 309 cm³/mol. The van der Waals surface area contributed by atoms with Gasteiger partial charge in [0.05, 0.1) is 43.7 Å². The van der Waals surface area contributed by atoms with E-state index in [-0.39, 0.29) is 17.6 Å². The number of nitrogens with one attached hydrogen (secondary N) is 5. The van der Waals surface area contributed by atoms with E-state index in [9.17, 15) is 87.4 Å². The third-order valence-corrected chi connectivity index (χ3v) is 17.3. The van der Waals surface area contributed by atoms with Crippen molar-refractivity contribution in [1.29, 1.82) is 0 Å². The van der Waals surface area contributed by atoms with Gasteiger partial charge in [-0.3, -0.25) is 47.8 Å². The smallest absolute Gasteiger partial charge is 0.296 e. The Morgan fingerprint density at radius 3 is 1.24 bits per heavy atom. The Morgan fingerprint density at radius 1 is 0.448 bits per heavy atom. The van der Waals surface area contributed by atoms with Crippen LogP contribution in [-0.4, -0.2) is 138 Å². The van der Waals surface area contributed by atoms with Crippen LogP contribution < -0.4 is 31.7 Å². The Bertz CT molecular complexity index is 5000. The second-order valence-electron chi connectivity index (χ2n) is 17.5. The van der Waals surface area contributed by atoms with Crippen LogP contribution in [0.4, 0.5) is 57.9 Å². The lowest BCUT2D eigenvalue weighted by Gasteiger charge is -2.21. The highest BCUT2D eigenvalue weighted by atomic mass is 35.5. The van der Waals surface area contributed by atoms with Crippen LogP contribution in [-0.2, 0) is 60.7 Å². The van der Waals surface area contributed by atoms with Gasteiger partial charge in [-0.1, -0.05) is 24.3 Å². The molecule has 87 heavy (non-hydrogen) atoms. The summed E-state index contributed by atoms with van der Waals surface area (Å²) < 4.78 is 208. The maximum Gasteiger partial charge on any atom is 0.296 e. The first-order valence-corrected chi connectivity index (χ1v) is 32.4. The number of hydrogen-bond acceptors (Lipinski definition) is 28. The zero-order chi connectivity index (χ0) is 63.5. The van der Waals surface area contributed by atoms with Crippen LogP contribution in [0.1, 0.15) is 31.8 Å². The molecule has 42 heteroatoms. The number of fused-ring (bicyclic) bond motifs is 2. The number of aromatic nitrogens is 6. The summed E-state index contributed by atoms with van der Waals surface area (Å²) in [5.41, 5.74) is -1.49. The number of Topliss-reactive ketones (excluding diaryl/α,β-unsaturated/α-hetero) is 2. The number of allylic oxidation sites excluding steroid dienone is 2. The summed E-state index contributed by atoms with van der Waals surface area (Å²) in [4.78, 5) is 48.6. The zero-order valence-corrected chi connectivity index (χ0v) is 48.9. The van der Waals surface area contributed by atoms with Gasteiger partial charge < -0.3 is 20.9 Å². The summed E-state index contributed by atoms with van der Waals surface area (Å²) in [5, 5.41) is 14.4. The highest BCUT2D eigenvalue weighted by Crippen LogP contribution is 2.38. The van der Waals surface area contributed by atoms with Crippen LogP contribution in [0.2, 0.25) is 10.6 Å². The summed E-state index contributed by atoms with van der Waals surface area (Å²) in [7, 11) is -29.5. The number of halogens is 2. The van der Waals surface area contributed by atoms with Crippen LogP contribution in [0.5, 0.6) is 0 Å². The number of rotatable bonds is 18. The van der Waals surface area contributed by atoms with E-state index in [1.807, 2.05) is 0 Å². The molecule has 0 bridgehead atoms. The standard InChI is InChI=1S/C45H32Cl2N14O20S6/c1-61(45-54-41(47)53-44(56-45)50-29-19-25(83(67,68)69)15-21-17-33(87(79,80)81)37(39(63)35(21)29)60-58-27-7-3-5-9-31(27)85(73,74)75)23-12-10-22(11-13-23)48-42-51-40(46)52-43(55-42)49-28-18-24(82(64,65)66)14-20-16-32(86(76,77)78)36(38(62)34(20)28)59-57-26-6-2-4-8-30(26)84(70,71)72/h2-19,57-58H,1H3,(H,64,65,66)(H,67,68,69)(H,70,71,72)(H,73,74,75)(H,76,77,78)(H,79,80,81)(H,50,53,54,56)(H2,48,49,51,52,55)/b59-36+,60-37+. The van der Waals surface area contributed by atoms with Gasteiger partial charge in [-0.2, -0.15) is 90.6 Å². The lowest BCUT2D eigenvalue weighted by Crippen LogP contribution is -2.28. The summed E-state index contributed by atoms with van der Waals surface area (Å²) in [6.45, 7) is 0. The van der Waals surface area contributed by atoms with E-state index in [0.29, 0.717) is 30.0 Å². The number of carbonyl (C=O) groups excluding carboxylic acids is 2. The van der Waals surface area contributed by atoms with E-state index in [1.165, 1.54) is 60.5 Å². The molecule has 0 spiro atoms. The molecular formula is C45H32Cl2N14O20S6. The summed E-state index contributed by atoms with van der Waals surface area (Å²) in [5.74, 6) is -4.27. The topological polar surface area (TPSA) is 526 Å². The van der Waals surface area contributed by atoms with E-state index in [4.69, 9.17) is 23.2 Å². The molecule has 0 aliphatic heterocycles. The van der Waals surface area contributed by atoms with Gasteiger partial charge in [0.15, 0.2) is 11.4 Å². The number of para-hydroxylation sites is 2. The van der Waals surface area contributed by atoms with Crippen LogP contribution >= 0.6 is 23.2 Å². The summed E-state index contributed by atoms with van der Waals surface area (Å²) in [6.07, 6.45) is 1.24. The highest BCUT2D eigenvalue weighted by molar-refractivity contribution is 7.91. The van der Waals surface area contributed by atoms with E-state index >= 15 is 0 Å². The molecule has 2 heterocycles. The molecule has 9 rings (SSSR count). The fourth-order valence-corrected chi connectivity index (χ4v) is 12.1. The van der Waals surface area contributed by atoms with Crippen molar-refractivity contribution >= 4 is 177 Å². The zero-order valence-electron chi connectivity index (χ0n) is 42.5. The Balaban J connectivity index is 0.995. The number of nitrogens with zero attached hydrogens (tertiary/aromatic N) is 9. The number of ketones is 2. The third-order valence-electron chi connectivity index (χ3n) is 11.8. The molecule has 0 atom stereocenters. The maximum absolute atomic E-state index is 14.2. The van der Waals surface area contributed by atoms with Crippen LogP contribution in [0, 0.1) is 0 Å². The van der Waals surface area contributed by atoms with Crippen LogP contribution in [0.15, 0.2) is 137 Å². The minimum atomic E-state index is -5.40. The van der Waals surface area contributed by atoms with Crippen LogP contribution in [0.25, 0.3) is 12.2 Å². The van der Waals surface area contributed by atoms with Gasteiger partial charge in [0.25, 0.3) is 60.7 Å². The monoisotopic (exact) mass is 1350 g/mol. The lowest BCUT2D eigenvalue weighted by molar-refractivity contribution is 0.105. The summed E-state index contributed by atoms with van der Waals surface area (Å²) in [6, 6.07) is 17.7. The van der Waals surface area contributed by atoms with Gasteiger partial charge >= 0.3 is 0 Å². The van der Waals surface area contributed by atoms with Gasteiger partial charge in [0.2, 0.25) is 45.9 Å². The first-order chi connectivity index (χ1) is 40.4. The van der Waals surface area contributed by atoms with Crippen molar-refractivity contribution in [2.75, 3.05) is 38.7 Å². The Kier molecular flexibility index (Phi) is 16.6. The van der Waals surface area contributed by atoms with Gasteiger partial charge in [-0.25, -0.2) is 0 Å². The van der Waals surface area contributed by atoms with E-state index in [2.05, 4.69) is 66.9 Å².